The Hall–Kier alpha value is -2.24. The number of ether oxygens (including phenoxy) is 1. The summed E-state index contributed by atoms with van der Waals surface area (Å²) in [6.07, 6.45) is 0. The monoisotopic (exact) mass is 235 g/mol. The van der Waals surface area contributed by atoms with E-state index >= 15 is 0 Å². The van der Waals surface area contributed by atoms with E-state index in [-0.39, 0.29) is 19.1 Å². The summed E-state index contributed by atoms with van der Waals surface area (Å²) in [7, 11) is 1.75. The molecule has 17 heavy (non-hydrogen) atoms. The molecular weight excluding hydrogens is 222 g/mol. The minimum absolute atomic E-state index is 0.0312. The molecule has 3 N–H and O–H groups in total. The quantitative estimate of drug-likeness (QED) is 0.768. The molecule has 0 unspecified atom stereocenters. The number of carbonyl (C=O) groups is 2. The third-order valence-corrected chi connectivity index (χ3v) is 2.43. The number of hydrogen-bond donors (Lipinski definition) is 2. The van der Waals surface area contributed by atoms with Crippen molar-refractivity contribution in [3.8, 4) is 5.75 Å². The van der Waals surface area contributed by atoms with Gasteiger partial charge in [-0.25, -0.2) is 0 Å². The molecule has 1 aliphatic heterocycles. The SMILES string of the molecule is CN(CC(N)=O)c1ccc2c(c1)NC(=O)CO2. The van der Waals surface area contributed by atoms with Gasteiger partial charge in [0.15, 0.2) is 6.61 Å². The van der Waals surface area contributed by atoms with Gasteiger partial charge in [-0.1, -0.05) is 0 Å². The Morgan fingerprint density at radius 3 is 3.06 bits per heavy atom. The maximum absolute atomic E-state index is 11.2. The molecule has 2 rings (SSSR count). The van der Waals surface area contributed by atoms with Gasteiger partial charge in [0.2, 0.25) is 5.91 Å². The molecule has 0 saturated heterocycles. The van der Waals surface area contributed by atoms with E-state index in [0.29, 0.717) is 11.4 Å². The highest BCUT2D eigenvalue weighted by Gasteiger charge is 2.17. The van der Waals surface area contributed by atoms with Crippen molar-refractivity contribution in [1.29, 1.82) is 0 Å². The zero-order valence-corrected chi connectivity index (χ0v) is 9.40. The maximum atomic E-state index is 11.2. The van der Waals surface area contributed by atoms with E-state index in [2.05, 4.69) is 5.32 Å². The second-order valence-electron chi connectivity index (χ2n) is 3.84. The van der Waals surface area contributed by atoms with Gasteiger partial charge in [-0.15, -0.1) is 0 Å². The van der Waals surface area contributed by atoms with Gasteiger partial charge < -0.3 is 20.7 Å². The molecule has 1 aliphatic rings. The number of rotatable bonds is 3. The van der Waals surface area contributed by atoms with Crippen LogP contribution in [0.2, 0.25) is 0 Å². The molecule has 0 fully saturated rings. The van der Waals surface area contributed by atoms with Gasteiger partial charge in [0.05, 0.1) is 12.2 Å². The second-order valence-corrected chi connectivity index (χ2v) is 3.84. The summed E-state index contributed by atoms with van der Waals surface area (Å²) in [5.74, 6) is 0.0264. The van der Waals surface area contributed by atoms with E-state index < -0.39 is 5.91 Å². The minimum Gasteiger partial charge on any atom is -0.482 e. The van der Waals surface area contributed by atoms with Gasteiger partial charge in [-0.05, 0) is 18.2 Å². The van der Waals surface area contributed by atoms with E-state index in [4.69, 9.17) is 10.5 Å². The first-order chi connectivity index (χ1) is 8.06. The van der Waals surface area contributed by atoms with Crippen molar-refractivity contribution in [2.75, 3.05) is 30.4 Å². The highest BCUT2D eigenvalue weighted by Crippen LogP contribution is 2.31. The van der Waals surface area contributed by atoms with Crippen molar-refractivity contribution < 1.29 is 14.3 Å². The first-order valence-corrected chi connectivity index (χ1v) is 5.12. The summed E-state index contributed by atoms with van der Waals surface area (Å²) in [6.45, 7) is 0.150. The Bertz CT molecular complexity index is 473. The Morgan fingerprint density at radius 2 is 2.35 bits per heavy atom. The lowest BCUT2D eigenvalue weighted by Crippen LogP contribution is -2.31. The number of nitrogens with one attached hydrogen (secondary N) is 1. The number of carbonyl (C=O) groups excluding carboxylic acids is 2. The first-order valence-electron chi connectivity index (χ1n) is 5.12. The van der Waals surface area contributed by atoms with Crippen LogP contribution in [-0.2, 0) is 9.59 Å². The van der Waals surface area contributed by atoms with E-state index in [1.807, 2.05) is 0 Å². The molecule has 0 bridgehead atoms. The Morgan fingerprint density at radius 1 is 1.59 bits per heavy atom. The van der Waals surface area contributed by atoms with E-state index in [1.54, 1.807) is 30.1 Å². The molecule has 1 aromatic carbocycles. The number of primary amides is 1. The number of hydrogen-bond acceptors (Lipinski definition) is 4. The molecule has 0 saturated carbocycles. The highest BCUT2D eigenvalue weighted by atomic mass is 16.5. The Labute approximate surface area is 98.3 Å². The number of nitrogens with two attached hydrogens (primary N) is 1. The van der Waals surface area contributed by atoms with Crippen LogP contribution in [0.25, 0.3) is 0 Å². The summed E-state index contributed by atoms with van der Waals surface area (Å²) < 4.78 is 5.23. The lowest BCUT2D eigenvalue weighted by Gasteiger charge is -2.22. The van der Waals surface area contributed by atoms with Crippen molar-refractivity contribution in [2.24, 2.45) is 5.73 Å². The molecular formula is C11H13N3O3. The minimum atomic E-state index is -0.412. The average molecular weight is 235 g/mol. The van der Waals surface area contributed by atoms with E-state index in [9.17, 15) is 9.59 Å². The fourth-order valence-electron chi connectivity index (χ4n) is 1.63. The standard InChI is InChI=1S/C11H13N3O3/c1-14(5-10(12)15)7-2-3-9-8(4-7)13-11(16)6-17-9/h2-4H,5-6H2,1H3,(H2,12,15)(H,13,16). The van der Waals surface area contributed by atoms with Crippen LogP contribution in [0.1, 0.15) is 0 Å². The average Bonchev–Trinajstić information content (AvgIpc) is 2.27. The van der Waals surface area contributed by atoms with Crippen molar-refractivity contribution >= 4 is 23.2 Å². The maximum Gasteiger partial charge on any atom is 0.262 e. The highest BCUT2D eigenvalue weighted by molar-refractivity contribution is 5.96. The summed E-state index contributed by atoms with van der Waals surface area (Å²) >= 11 is 0. The van der Waals surface area contributed by atoms with Gasteiger partial charge in [0, 0.05) is 12.7 Å². The molecule has 2 amide bonds. The van der Waals surface area contributed by atoms with Crippen LogP contribution in [-0.4, -0.2) is 32.0 Å². The molecule has 1 heterocycles. The van der Waals surface area contributed by atoms with Crippen LogP contribution in [0.15, 0.2) is 18.2 Å². The summed E-state index contributed by atoms with van der Waals surface area (Å²) in [5, 5.41) is 2.70. The second kappa shape index (κ2) is 4.32. The van der Waals surface area contributed by atoms with Crippen LogP contribution < -0.4 is 20.7 Å². The third kappa shape index (κ3) is 2.47. The normalized spacial score (nSPS) is 13.4. The van der Waals surface area contributed by atoms with Gasteiger partial charge in [0.25, 0.3) is 5.91 Å². The molecule has 0 aromatic heterocycles. The topological polar surface area (TPSA) is 84.7 Å². The molecule has 0 aliphatic carbocycles. The van der Waals surface area contributed by atoms with Gasteiger partial charge in [0.1, 0.15) is 5.75 Å². The van der Waals surface area contributed by atoms with Crippen molar-refractivity contribution in [2.45, 2.75) is 0 Å². The van der Waals surface area contributed by atoms with Crippen LogP contribution in [0.4, 0.5) is 11.4 Å². The van der Waals surface area contributed by atoms with Gasteiger partial charge in [-0.3, -0.25) is 9.59 Å². The molecule has 6 nitrogen and oxygen atoms in total. The van der Waals surface area contributed by atoms with Crippen molar-refractivity contribution in [1.82, 2.24) is 0 Å². The fourth-order valence-corrected chi connectivity index (χ4v) is 1.63. The molecule has 6 heteroatoms. The molecule has 90 valence electrons. The van der Waals surface area contributed by atoms with Crippen LogP contribution in [0.5, 0.6) is 5.75 Å². The predicted molar refractivity (Wildman–Crippen MR) is 63.0 cm³/mol. The number of anilines is 2. The van der Waals surface area contributed by atoms with E-state index in [1.165, 1.54) is 0 Å². The van der Waals surface area contributed by atoms with Gasteiger partial charge in [-0.2, -0.15) is 0 Å². The Kier molecular flexibility index (Phi) is 2.86. The van der Waals surface area contributed by atoms with Crippen LogP contribution >= 0.6 is 0 Å². The van der Waals surface area contributed by atoms with Crippen LogP contribution in [0, 0.1) is 0 Å². The molecule has 0 atom stereocenters. The third-order valence-electron chi connectivity index (χ3n) is 2.43. The lowest BCUT2D eigenvalue weighted by molar-refractivity contribution is -0.119. The largest absolute Gasteiger partial charge is 0.482 e. The molecule has 1 aromatic rings. The van der Waals surface area contributed by atoms with Crippen LogP contribution in [0.3, 0.4) is 0 Å². The number of amides is 2. The zero-order chi connectivity index (χ0) is 12.4. The number of likely N-dealkylation sites (N-methyl/N-ethyl adjacent to an activating group) is 1. The van der Waals surface area contributed by atoms with Crippen molar-refractivity contribution in [3.05, 3.63) is 18.2 Å². The van der Waals surface area contributed by atoms with Crippen molar-refractivity contribution in [3.63, 3.8) is 0 Å². The number of nitrogens with zero attached hydrogens (tertiary/aromatic N) is 1. The lowest BCUT2D eigenvalue weighted by atomic mass is 10.2. The molecule has 0 spiro atoms. The van der Waals surface area contributed by atoms with Gasteiger partial charge >= 0.3 is 0 Å². The summed E-state index contributed by atoms with van der Waals surface area (Å²) in [5.41, 5.74) is 6.51. The zero-order valence-electron chi connectivity index (χ0n) is 9.40. The first kappa shape index (κ1) is 11.3. The fraction of sp³-hybridized carbons (Fsp3) is 0.273. The number of benzene rings is 1. The summed E-state index contributed by atoms with van der Waals surface area (Å²) in [6, 6.07) is 5.30. The smallest absolute Gasteiger partial charge is 0.262 e. The Balaban J connectivity index is 2.23. The predicted octanol–water partition coefficient (Wildman–Crippen LogP) is -0.0610. The molecule has 0 radical (unpaired) electrons. The van der Waals surface area contributed by atoms with E-state index in [0.717, 1.165) is 5.69 Å². The number of fused-ring (bicyclic) bond motifs is 1. The summed E-state index contributed by atoms with van der Waals surface area (Å²) in [4.78, 5) is 23.7.